The summed E-state index contributed by atoms with van der Waals surface area (Å²) in [7, 11) is 0. The van der Waals surface area contributed by atoms with Gasteiger partial charge in [-0.05, 0) is 31.4 Å². The highest BCUT2D eigenvalue weighted by Crippen LogP contribution is 2.00. The molecule has 0 spiro atoms. The van der Waals surface area contributed by atoms with Crippen LogP contribution in [0.3, 0.4) is 0 Å². The van der Waals surface area contributed by atoms with Crippen molar-refractivity contribution in [3.05, 3.63) is 30.1 Å². The van der Waals surface area contributed by atoms with Gasteiger partial charge in [-0.25, -0.2) is 5.43 Å². The molecule has 0 aliphatic carbocycles. The average Bonchev–Trinajstić information content (AvgIpc) is 2.26. The fourth-order valence-electron chi connectivity index (χ4n) is 1.34. The van der Waals surface area contributed by atoms with Gasteiger partial charge in [-0.15, -0.1) is 0 Å². The summed E-state index contributed by atoms with van der Waals surface area (Å²) in [5.74, 6) is 0.263. The second-order valence-corrected chi connectivity index (χ2v) is 4.10. The number of hydrazone groups is 1. The number of hydrogen-bond donors (Lipinski definition) is 1. The van der Waals surface area contributed by atoms with Crippen LogP contribution in [0, 0.1) is 5.92 Å². The van der Waals surface area contributed by atoms with Crippen molar-refractivity contribution in [3.63, 3.8) is 0 Å². The Kier molecular flexibility index (Phi) is 4.64. The van der Waals surface area contributed by atoms with E-state index in [1.807, 2.05) is 6.92 Å². The lowest BCUT2D eigenvalue weighted by Crippen LogP contribution is -2.20. The maximum absolute atomic E-state index is 11.6. The molecule has 0 atom stereocenters. The molecule has 0 bridgehead atoms. The molecule has 0 unspecified atom stereocenters. The van der Waals surface area contributed by atoms with E-state index in [1.54, 1.807) is 24.4 Å². The molecule has 1 rings (SSSR count). The second-order valence-electron chi connectivity index (χ2n) is 4.10. The molecule has 0 saturated carbocycles. The van der Waals surface area contributed by atoms with Crippen molar-refractivity contribution >= 4 is 11.6 Å². The summed E-state index contributed by atoms with van der Waals surface area (Å²) in [6.07, 6.45) is 2.46. The van der Waals surface area contributed by atoms with Crippen LogP contribution in [-0.4, -0.2) is 16.6 Å². The van der Waals surface area contributed by atoms with Crippen LogP contribution in [0.25, 0.3) is 0 Å². The van der Waals surface area contributed by atoms with Gasteiger partial charge in [0.2, 0.25) is 0 Å². The summed E-state index contributed by atoms with van der Waals surface area (Å²) >= 11 is 0. The summed E-state index contributed by atoms with van der Waals surface area (Å²) in [5, 5.41) is 4.02. The van der Waals surface area contributed by atoms with E-state index in [0.29, 0.717) is 11.6 Å². The largest absolute Gasteiger partial charge is 0.289 e. The molecule has 1 heterocycles. The van der Waals surface area contributed by atoms with E-state index in [0.717, 1.165) is 12.1 Å². The van der Waals surface area contributed by atoms with E-state index in [1.165, 1.54) is 0 Å². The Morgan fingerprint density at radius 2 is 2.25 bits per heavy atom. The molecule has 0 aliphatic heterocycles. The SMILES string of the molecule is CC(CC(C)C)=NNC(=O)c1ccccn1. The highest BCUT2D eigenvalue weighted by atomic mass is 16.2. The van der Waals surface area contributed by atoms with Crippen LogP contribution in [0.2, 0.25) is 0 Å². The lowest BCUT2D eigenvalue weighted by Gasteiger charge is -2.04. The van der Waals surface area contributed by atoms with Gasteiger partial charge in [0.05, 0.1) is 0 Å². The Morgan fingerprint density at radius 1 is 1.50 bits per heavy atom. The number of carbonyl (C=O) groups is 1. The minimum atomic E-state index is -0.274. The zero-order valence-electron chi connectivity index (χ0n) is 9.90. The van der Waals surface area contributed by atoms with Gasteiger partial charge in [-0.2, -0.15) is 5.10 Å². The number of nitrogens with one attached hydrogen (secondary N) is 1. The first-order valence-corrected chi connectivity index (χ1v) is 5.34. The average molecular weight is 219 g/mol. The zero-order valence-corrected chi connectivity index (χ0v) is 9.90. The number of pyridine rings is 1. The topological polar surface area (TPSA) is 54.4 Å². The molecule has 0 aromatic carbocycles. The van der Waals surface area contributed by atoms with Crippen molar-refractivity contribution in [2.45, 2.75) is 27.2 Å². The van der Waals surface area contributed by atoms with Gasteiger partial charge in [0.15, 0.2) is 0 Å². The Labute approximate surface area is 95.8 Å². The minimum Gasteiger partial charge on any atom is -0.266 e. The van der Waals surface area contributed by atoms with Gasteiger partial charge >= 0.3 is 0 Å². The Balaban J connectivity index is 2.53. The summed E-state index contributed by atoms with van der Waals surface area (Å²) in [4.78, 5) is 15.5. The second kappa shape index (κ2) is 6.00. The Bertz CT molecular complexity index is 371. The molecule has 0 fully saturated rings. The van der Waals surface area contributed by atoms with Gasteiger partial charge in [0, 0.05) is 11.9 Å². The predicted octanol–water partition coefficient (Wildman–Crippen LogP) is 2.23. The lowest BCUT2D eigenvalue weighted by atomic mass is 10.1. The highest BCUT2D eigenvalue weighted by molar-refractivity contribution is 5.93. The van der Waals surface area contributed by atoms with Gasteiger partial charge < -0.3 is 0 Å². The Hall–Kier alpha value is -1.71. The van der Waals surface area contributed by atoms with E-state index in [-0.39, 0.29) is 5.91 Å². The van der Waals surface area contributed by atoms with Crippen LogP contribution < -0.4 is 5.43 Å². The molecule has 4 nitrogen and oxygen atoms in total. The number of amides is 1. The number of aromatic nitrogens is 1. The van der Waals surface area contributed by atoms with Crippen molar-refractivity contribution in [1.82, 2.24) is 10.4 Å². The van der Waals surface area contributed by atoms with Crippen LogP contribution >= 0.6 is 0 Å². The van der Waals surface area contributed by atoms with Crippen molar-refractivity contribution in [2.24, 2.45) is 11.0 Å². The van der Waals surface area contributed by atoms with Crippen LogP contribution in [0.4, 0.5) is 0 Å². The maximum Gasteiger partial charge on any atom is 0.289 e. The quantitative estimate of drug-likeness (QED) is 0.623. The maximum atomic E-state index is 11.6. The van der Waals surface area contributed by atoms with Crippen molar-refractivity contribution < 1.29 is 4.79 Å². The number of hydrogen-bond acceptors (Lipinski definition) is 3. The third-order valence-electron chi connectivity index (χ3n) is 1.95. The van der Waals surface area contributed by atoms with E-state index in [9.17, 15) is 4.79 Å². The van der Waals surface area contributed by atoms with Crippen molar-refractivity contribution in [1.29, 1.82) is 0 Å². The van der Waals surface area contributed by atoms with Crippen molar-refractivity contribution in [2.75, 3.05) is 0 Å². The molecule has 1 amide bonds. The molecule has 0 saturated heterocycles. The van der Waals surface area contributed by atoms with Gasteiger partial charge in [0.25, 0.3) is 5.91 Å². The molecule has 1 N–H and O–H groups in total. The van der Waals surface area contributed by atoms with Crippen LogP contribution in [0.15, 0.2) is 29.5 Å². The number of nitrogens with zero attached hydrogens (tertiary/aromatic N) is 2. The van der Waals surface area contributed by atoms with Crippen LogP contribution in [0.1, 0.15) is 37.7 Å². The minimum absolute atomic E-state index is 0.274. The third-order valence-corrected chi connectivity index (χ3v) is 1.95. The molecule has 1 aromatic rings. The van der Waals surface area contributed by atoms with Gasteiger partial charge in [-0.3, -0.25) is 9.78 Å². The summed E-state index contributed by atoms with van der Waals surface area (Å²) in [6, 6.07) is 5.19. The van der Waals surface area contributed by atoms with Gasteiger partial charge in [0.1, 0.15) is 5.69 Å². The molecule has 0 aliphatic rings. The fraction of sp³-hybridized carbons (Fsp3) is 0.417. The first-order chi connectivity index (χ1) is 7.59. The van der Waals surface area contributed by atoms with E-state index < -0.39 is 0 Å². The third kappa shape index (κ3) is 4.21. The number of carbonyl (C=O) groups excluding carboxylic acids is 1. The number of rotatable bonds is 4. The first kappa shape index (κ1) is 12.4. The fourth-order valence-corrected chi connectivity index (χ4v) is 1.34. The smallest absolute Gasteiger partial charge is 0.266 e. The normalized spacial score (nSPS) is 11.6. The standard InChI is InChI=1S/C12H17N3O/c1-9(2)8-10(3)14-15-12(16)11-6-4-5-7-13-11/h4-7,9H,8H2,1-3H3,(H,15,16). The molecule has 86 valence electrons. The van der Waals surface area contributed by atoms with E-state index in [2.05, 4.69) is 29.4 Å². The van der Waals surface area contributed by atoms with Crippen LogP contribution in [-0.2, 0) is 0 Å². The Morgan fingerprint density at radius 3 is 2.81 bits per heavy atom. The first-order valence-electron chi connectivity index (χ1n) is 5.34. The molecular weight excluding hydrogens is 202 g/mol. The molecule has 4 heteroatoms. The molecule has 16 heavy (non-hydrogen) atoms. The summed E-state index contributed by atoms with van der Waals surface area (Å²) in [6.45, 7) is 6.12. The lowest BCUT2D eigenvalue weighted by molar-refractivity contribution is 0.0949. The summed E-state index contributed by atoms with van der Waals surface area (Å²) in [5.41, 5.74) is 3.78. The van der Waals surface area contributed by atoms with E-state index in [4.69, 9.17) is 0 Å². The van der Waals surface area contributed by atoms with E-state index >= 15 is 0 Å². The summed E-state index contributed by atoms with van der Waals surface area (Å²) < 4.78 is 0. The molecule has 0 radical (unpaired) electrons. The van der Waals surface area contributed by atoms with Gasteiger partial charge in [-0.1, -0.05) is 19.9 Å². The molecule has 1 aromatic heterocycles. The van der Waals surface area contributed by atoms with Crippen LogP contribution in [0.5, 0.6) is 0 Å². The highest BCUT2D eigenvalue weighted by Gasteiger charge is 2.04. The molecular formula is C12H17N3O. The monoisotopic (exact) mass is 219 g/mol. The predicted molar refractivity (Wildman–Crippen MR) is 64.3 cm³/mol. The zero-order chi connectivity index (χ0) is 12.0. The van der Waals surface area contributed by atoms with Crippen molar-refractivity contribution in [3.8, 4) is 0 Å².